The summed E-state index contributed by atoms with van der Waals surface area (Å²) in [6.45, 7) is 3.31. The molecule has 0 heterocycles. The minimum Gasteiger partial charge on any atom is -0.385 e. The zero-order valence-corrected chi connectivity index (χ0v) is 17.4. The van der Waals surface area contributed by atoms with Crippen molar-refractivity contribution in [2.24, 2.45) is 0 Å². The molecular weight excluding hydrogens is 328 g/mol. The summed E-state index contributed by atoms with van der Waals surface area (Å²) in [4.78, 5) is 0. The van der Waals surface area contributed by atoms with Crippen LogP contribution in [0.1, 0.15) is 102 Å². The summed E-state index contributed by atoms with van der Waals surface area (Å²) in [5, 5.41) is 11.9. The lowest BCUT2D eigenvalue weighted by atomic mass is 10.0. The molecule has 27 heavy (non-hydrogen) atoms. The lowest BCUT2D eigenvalue weighted by Crippen LogP contribution is -2.01. The molecule has 0 aromatic heterocycles. The fourth-order valence-corrected chi connectivity index (χ4v) is 3.32. The second-order valence-corrected chi connectivity index (χ2v) is 7.46. The van der Waals surface area contributed by atoms with Crippen molar-refractivity contribution in [2.75, 3.05) is 11.9 Å². The van der Waals surface area contributed by atoms with Gasteiger partial charge in [0.15, 0.2) is 6.07 Å². The average molecular weight is 367 g/mol. The number of nitriles is 1. The molecule has 1 aromatic carbocycles. The Hall–Kier alpha value is -1.93. The third kappa shape index (κ3) is 13.9. The van der Waals surface area contributed by atoms with Gasteiger partial charge in [-0.05, 0) is 30.7 Å². The Balaban J connectivity index is 1.86. The van der Waals surface area contributed by atoms with Gasteiger partial charge in [0.25, 0.3) is 0 Å². The van der Waals surface area contributed by atoms with Crippen LogP contribution in [-0.4, -0.2) is 6.54 Å². The summed E-state index contributed by atoms with van der Waals surface area (Å²) in [7, 11) is 0. The van der Waals surface area contributed by atoms with Crippen molar-refractivity contribution in [3.05, 3.63) is 29.8 Å². The molecule has 2 nitrogen and oxygen atoms in total. The van der Waals surface area contributed by atoms with Crippen molar-refractivity contribution in [3.63, 3.8) is 0 Å². The quantitative estimate of drug-likeness (QED) is 0.243. The molecule has 0 aliphatic heterocycles. The number of rotatable bonds is 16. The van der Waals surface area contributed by atoms with E-state index in [4.69, 9.17) is 5.26 Å². The molecule has 2 heteroatoms. The van der Waals surface area contributed by atoms with Gasteiger partial charge in [0, 0.05) is 23.7 Å². The molecule has 1 rings (SSSR count). The van der Waals surface area contributed by atoms with Crippen LogP contribution in [0.3, 0.4) is 0 Å². The first-order valence-electron chi connectivity index (χ1n) is 11.1. The zero-order valence-electron chi connectivity index (χ0n) is 17.4. The minimum atomic E-state index is 0.888. The Kier molecular flexibility index (Phi) is 15.0. The summed E-state index contributed by atoms with van der Waals surface area (Å²) >= 11 is 0. The first-order valence-corrected chi connectivity index (χ1v) is 11.1. The highest BCUT2D eigenvalue weighted by molar-refractivity contribution is 5.49. The number of hydrogen-bond donors (Lipinski definition) is 1. The Morgan fingerprint density at radius 2 is 1.19 bits per heavy atom. The van der Waals surface area contributed by atoms with Gasteiger partial charge in [-0.25, -0.2) is 0 Å². The largest absolute Gasteiger partial charge is 0.385 e. The Labute approximate surface area is 167 Å². The minimum absolute atomic E-state index is 0.888. The Morgan fingerprint density at radius 1 is 0.704 bits per heavy atom. The first kappa shape index (κ1) is 23.1. The summed E-state index contributed by atoms with van der Waals surface area (Å²) < 4.78 is 0. The van der Waals surface area contributed by atoms with Crippen LogP contribution in [0.2, 0.25) is 0 Å². The maximum Gasteiger partial charge on any atom is 0.152 e. The molecule has 0 saturated carbocycles. The fourth-order valence-electron chi connectivity index (χ4n) is 3.32. The van der Waals surface area contributed by atoms with E-state index in [2.05, 4.69) is 24.1 Å². The summed E-state index contributed by atoms with van der Waals surface area (Å²) in [6.07, 6.45) is 19.6. The molecule has 0 bridgehead atoms. The van der Waals surface area contributed by atoms with Gasteiger partial charge in [-0.1, -0.05) is 96.3 Å². The van der Waals surface area contributed by atoms with E-state index in [0.717, 1.165) is 17.8 Å². The number of benzene rings is 1. The van der Waals surface area contributed by atoms with Crippen LogP contribution in [0.25, 0.3) is 0 Å². The van der Waals surface area contributed by atoms with E-state index >= 15 is 0 Å². The summed E-state index contributed by atoms with van der Waals surface area (Å²) in [5.41, 5.74) is 2.02. The molecule has 0 spiro atoms. The highest BCUT2D eigenvalue weighted by Gasteiger charge is 1.95. The van der Waals surface area contributed by atoms with Gasteiger partial charge < -0.3 is 5.32 Å². The van der Waals surface area contributed by atoms with Crippen LogP contribution in [-0.2, 0) is 0 Å². The molecule has 0 aliphatic rings. The third-order valence-corrected chi connectivity index (χ3v) is 5.01. The summed E-state index contributed by atoms with van der Waals surface area (Å²) in [5.74, 6) is 5.22. The molecule has 0 radical (unpaired) electrons. The molecule has 148 valence electrons. The normalized spacial score (nSPS) is 10.1. The lowest BCUT2D eigenvalue weighted by molar-refractivity contribution is 0.537. The van der Waals surface area contributed by atoms with Crippen LogP contribution in [0.5, 0.6) is 0 Å². The van der Waals surface area contributed by atoms with E-state index < -0.39 is 0 Å². The average Bonchev–Trinajstić information content (AvgIpc) is 2.70. The molecule has 1 N–H and O–H groups in total. The molecule has 0 fully saturated rings. The van der Waals surface area contributed by atoms with Gasteiger partial charge in [-0.3, -0.25) is 0 Å². The Morgan fingerprint density at radius 3 is 1.67 bits per heavy atom. The number of nitrogens with one attached hydrogen (secondary N) is 1. The molecular formula is C25H38N2. The van der Waals surface area contributed by atoms with Crippen LogP contribution < -0.4 is 5.32 Å². The van der Waals surface area contributed by atoms with E-state index in [9.17, 15) is 0 Å². The SMILES string of the molecule is CCCCCCCCCCCCCCCCNc1ccc(C#CC#N)cc1. The lowest BCUT2D eigenvalue weighted by Gasteiger charge is -2.06. The van der Waals surface area contributed by atoms with Crippen molar-refractivity contribution in [2.45, 2.75) is 96.8 Å². The predicted octanol–water partition coefficient (Wildman–Crippen LogP) is 7.45. The molecule has 0 aliphatic carbocycles. The number of anilines is 1. The standard InChI is InChI=1S/C25H38N2/c1-2-3-4-5-6-7-8-9-10-11-12-13-14-15-23-27-25-20-18-24(19-21-25)17-16-22-26/h18-21,27H,2-15,23H2,1H3. The van der Waals surface area contributed by atoms with Crippen LogP contribution in [0, 0.1) is 23.2 Å². The zero-order chi connectivity index (χ0) is 19.4. The fraction of sp³-hybridized carbons (Fsp3) is 0.640. The maximum absolute atomic E-state index is 8.45. The van der Waals surface area contributed by atoms with Gasteiger partial charge in [-0.15, -0.1) is 0 Å². The van der Waals surface area contributed by atoms with Gasteiger partial charge in [0.05, 0.1) is 0 Å². The number of nitrogens with zero attached hydrogens (tertiary/aromatic N) is 1. The molecule has 0 amide bonds. The van der Waals surface area contributed by atoms with Crippen LogP contribution in [0.4, 0.5) is 5.69 Å². The monoisotopic (exact) mass is 366 g/mol. The predicted molar refractivity (Wildman–Crippen MR) is 118 cm³/mol. The van der Waals surface area contributed by atoms with Crippen molar-refractivity contribution in [1.29, 1.82) is 5.26 Å². The van der Waals surface area contributed by atoms with Gasteiger partial charge >= 0.3 is 0 Å². The van der Waals surface area contributed by atoms with Crippen molar-refractivity contribution >= 4 is 5.69 Å². The second kappa shape index (κ2) is 17.5. The van der Waals surface area contributed by atoms with Crippen molar-refractivity contribution in [1.82, 2.24) is 0 Å². The summed E-state index contributed by atoms with van der Waals surface area (Å²) in [6, 6.07) is 9.82. The number of unbranched alkanes of at least 4 members (excludes halogenated alkanes) is 13. The molecule has 0 saturated heterocycles. The van der Waals surface area contributed by atoms with E-state index in [-0.39, 0.29) is 0 Å². The van der Waals surface area contributed by atoms with E-state index in [1.54, 1.807) is 0 Å². The van der Waals surface area contributed by atoms with Gasteiger partial charge in [0.2, 0.25) is 0 Å². The number of hydrogen-bond acceptors (Lipinski definition) is 2. The maximum atomic E-state index is 8.45. The highest BCUT2D eigenvalue weighted by Crippen LogP contribution is 2.13. The molecule has 0 atom stereocenters. The van der Waals surface area contributed by atoms with E-state index in [1.807, 2.05) is 30.3 Å². The van der Waals surface area contributed by atoms with Gasteiger partial charge in [-0.2, -0.15) is 5.26 Å². The van der Waals surface area contributed by atoms with E-state index in [0.29, 0.717) is 0 Å². The van der Waals surface area contributed by atoms with Crippen molar-refractivity contribution in [3.8, 4) is 17.9 Å². The molecule has 0 unspecified atom stereocenters. The van der Waals surface area contributed by atoms with Crippen LogP contribution in [0.15, 0.2) is 24.3 Å². The Bertz CT molecular complexity index is 557. The van der Waals surface area contributed by atoms with Gasteiger partial charge in [0.1, 0.15) is 0 Å². The topological polar surface area (TPSA) is 35.8 Å². The molecule has 1 aromatic rings. The van der Waals surface area contributed by atoms with E-state index in [1.165, 1.54) is 89.9 Å². The smallest absolute Gasteiger partial charge is 0.152 e. The second-order valence-electron chi connectivity index (χ2n) is 7.46. The van der Waals surface area contributed by atoms with Crippen molar-refractivity contribution < 1.29 is 0 Å². The first-order chi connectivity index (χ1) is 13.4. The highest BCUT2D eigenvalue weighted by atomic mass is 14.9. The van der Waals surface area contributed by atoms with Crippen LogP contribution >= 0.6 is 0 Å². The third-order valence-electron chi connectivity index (χ3n) is 5.01.